The number of nitrogens with two attached hydrogens (primary N) is 1. The van der Waals surface area contributed by atoms with E-state index in [1.807, 2.05) is 6.92 Å². The molecule has 1 aromatic rings. The standard InChI is InChI=1S/C9H16N4/c1-4-7(3)12-8-6(2)5-11-9(10)13-8/h5,7H,4H2,1-3H3,(H3,10,11,12,13). The van der Waals surface area contributed by atoms with Crippen LogP contribution in [0.4, 0.5) is 11.8 Å². The molecule has 1 heterocycles. The van der Waals surface area contributed by atoms with Crippen molar-refractivity contribution >= 4 is 11.8 Å². The Kier molecular flexibility index (Phi) is 3.06. The number of anilines is 2. The highest BCUT2D eigenvalue weighted by atomic mass is 15.1. The monoisotopic (exact) mass is 180 g/mol. The first kappa shape index (κ1) is 9.77. The zero-order valence-electron chi connectivity index (χ0n) is 8.33. The summed E-state index contributed by atoms with van der Waals surface area (Å²) in [6.45, 7) is 6.19. The quantitative estimate of drug-likeness (QED) is 0.741. The van der Waals surface area contributed by atoms with Crippen LogP contribution in [0.25, 0.3) is 0 Å². The molecule has 0 radical (unpaired) electrons. The first-order valence-electron chi connectivity index (χ1n) is 4.49. The molecule has 0 aliphatic carbocycles. The minimum absolute atomic E-state index is 0.316. The molecule has 0 saturated heterocycles. The second-order valence-corrected chi connectivity index (χ2v) is 3.21. The Balaban J connectivity index is 2.81. The number of aromatic nitrogens is 2. The van der Waals surface area contributed by atoms with Gasteiger partial charge in [-0.1, -0.05) is 6.92 Å². The molecule has 0 aliphatic rings. The molecule has 0 fully saturated rings. The van der Waals surface area contributed by atoms with Crippen molar-refractivity contribution in [3.8, 4) is 0 Å². The first-order valence-corrected chi connectivity index (χ1v) is 4.49. The van der Waals surface area contributed by atoms with Gasteiger partial charge in [0.2, 0.25) is 5.95 Å². The molecular weight excluding hydrogens is 164 g/mol. The fourth-order valence-electron chi connectivity index (χ4n) is 0.937. The van der Waals surface area contributed by atoms with Crippen LogP contribution in [-0.4, -0.2) is 16.0 Å². The van der Waals surface area contributed by atoms with Gasteiger partial charge < -0.3 is 11.1 Å². The van der Waals surface area contributed by atoms with Crippen LogP contribution in [0.2, 0.25) is 0 Å². The maximum atomic E-state index is 5.48. The van der Waals surface area contributed by atoms with E-state index in [1.54, 1.807) is 6.20 Å². The summed E-state index contributed by atoms with van der Waals surface area (Å²) < 4.78 is 0. The predicted octanol–water partition coefficient (Wildman–Crippen LogP) is 1.58. The van der Waals surface area contributed by atoms with Crippen LogP contribution in [-0.2, 0) is 0 Å². The molecule has 0 aromatic carbocycles. The second kappa shape index (κ2) is 4.07. The molecule has 1 aromatic heterocycles. The largest absolute Gasteiger partial charge is 0.368 e. The average Bonchev–Trinajstić information content (AvgIpc) is 2.11. The van der Waals surface area contributed by atoms with Crippen LogP contribution in [0.1, 0.15) is 25.8 Å². The van der Waals surface area contributed by atoms with Crippen molar-refractivity contribution in [3.63, 3.8) is 0 Å². The summed E-state index contributed by atoms with van der Waals surface area (Å²) in [7, 11) is 0. The fourth-order valence-corrected chi connectivity index (χ4v) is 0.937. The second-order valence-electron chi connectivity index (χ2n) is 3.21. The molecule has 0 bridgehead atoms. The number of nitrogen functional groups attached to an aromatic ring is 1. The van der Waals surface area contributed by atoms with Gasteiger partial charge in [-0.2, -0.15) is 4.98 Å². The minimum atomic E-state index is 0.316. The van der Waals surface area contributed by atoms with Crippen molar-refractivity contribution in [2.75, 3.05) is 11.1 Å². The summed E-state index contributed by atoms with van der Waals surface area (Å²) in [6.07, 6.45) is 2.79. The van der Waals surface area contributed by atoms with Gasteiger partial charge in [-0.3, -0.25) is 0 Å². The van der Waals surface area contributed by atoms with Crippen LogP contribution < -0.4 is 11.1 Å². The number of rotatable bonds is 3. The smallest absolute Gasteiger partial charge is 0.221 e. The molecule has 0 aliphatic heterocycles. The van der Waals surface area contributed by atoms with Crippen LogP contribution in [0.15, 0.2) is 6.20 Å². The molecule has 1 rings (SSSR count). The van der Waals surface area contributed by atoms with Gasteiger partial charge >= 0.3 is 0 Å². The van der Waals surface area contributed by atoms with Crippen molar-refractivity contribution in [2.45, 2.75) is 33.2 Å². The lowest BCUT2D eigenvalue weighted by molar-refractivity contribution is 0.757. The summed E-state index contributed by atoms with van der Waals surface area (Å²) >= 11 is 0. The highest BCUT2D eigenvalue weighted by Gasteiger charge is 2.04. The van der Waals surface area contributed by atoms with E-state index >= 15 is 0 Å². The number of aryl methyl sites for hydroxylation is 1. The summed E-state index contributed by atoms with van der Waals surface area (Å²) in [4.78, 5) is 8.02. The fraction of sp³-hybridized carbons (Fsp3) is 0.556. The molecule has 0 saturated carbocycles. The van der Waals surface area contributed by atoms with Crippen LogP contribution >= 0.6 is 0 Å². The highest BCUT2D eigenvalue weighted by molar-refractivity contribution is 5.45. The van der Waals surface area contributed by atoms with Gasteiger partial charge in [-0.05, 0) is 20.3 Å². The number of hydrogen-bond acceptors (Lipinski definition) is 4. The van der Waals surface area contributed by atoms with Crippen molar-refractivity contribution in [1.82, 2.24) is 9.97 Å². The summed E-state index contributed by atoms with van der Waals surface area (Å²) in [5.74, 6) is 1.15. The summed E-state index contributed by atoms with van der Waals surface area (Å²) in [5.41, 5.74) is 6.51. The Morgan fingerprint density at radius 2 is 2.31 bits per heavy atom. The number of hydrogen-bond donors (Lipinski definition) is 2. The maximum Gasteiger partial charge on any atom is 0.221 e. The molecule has 72 valence electrons. The topological polar surface area (TPSA) is 63.8 Å². The predicted molar refractivity (Wildman–Crippen MR) is 54.6 cm³/mol. The van der Waals surface area contributed by atoms with Crippen LogP contribution in [0, 0.1) is 6.92 Å². The lowest BCUT2D eigenvalue weighted by Crippen LogP contribution is -2.16. The van der Waals surface area contributed by atoms with Crippen LogP contribution in [0.5, 0.6) is 0 Å². The van der Waals surface area contributed by atoms with Crippen molar-refractivity contribution < 1.29 is 0 Å². The van der Waals surface area contributed by atoms with E-state index < -0.39 is 0 Å². The molecule has 1 unspecified atom stereocenters. The Hall–Kier alpha value is -1.32. The lowest BCUT2D eigenvalue weighted by atomic mass is 10.2. The molecule has 0 spiro atoms. The third-order valence-corrected chi connectivity index (χ3v) is 1.99. The Morgan fingerprint density at radius 1 is 1.62 bits per heavy atom. The van der Waals surface area contributed by atoms with Gasteiger partial charge in [0, 0.05) is 17.8 Å². The van der Waals surface area contributed by atoms with E-state index in [-0.39, 0.29) is 0 Å². The zero-order valence-corrected chi connectivity index (χ0v) is 8.33. The molecule has 3 N–H and O–H groups in total. The Bertz CT molecular complexity index is 285. The van der Waals surface area contributed by atoms with Gasteiger partial charge in [0.05, 0.1) is 0 Å². The minimum Gasteiger partial charge on any atom is -0.368 e. The first-order chi connectivity index (χ1) is 6.13. The van der Waals surface area contributed by atoms with Crippen molar-refractivity contribution in [3.05, 3.63) is 11.8 Å². The zero-order chi connectivity index (χ0) is 9.84. The third kappa shape index (κ3) is 2.57. The van der Waals surface area contributed by atoms with Crippen molar-refractivity contribution in [1.29, 1.82) is 0 Å². The van der Waals surface area contributed by atoms with Gasteiger partial charge in [0.25, 0.3) is 0 Å². The van der Waals surface area contributed by atoms with E-state index in [0.717, 1.165) is 17.8 Å². The van der Waals surface area contributed by atoms with Gasteiger partial charge in [0.15, 0.2) is 0 Å². The Labute approximate surface area is 78.6 Å². The van der Waals surface area contributed by atoms with E-state index in [2.05, 4.69) is 29.1 Å². The molecule has 1 atom stereocenters. The number of nitrogens with one attached hydrogen (secondary N) is 1. The number of nitrogens with zero attached hydrogens (tertiary/aromatic N) is 2. The van der Waals surface area contributed by atoms with Gasteiger partial charge in [-0.15, -0.1) is 0 Å². The van der Waals surface area contributed by atoms with E-state index in [0.29, 0.717) is 12.0 Å². The maximum absolute atomic E-state index is 5.48. The van der Waals surface area contributed by atoms with E-state index in [1.165, 1.54) is 0 Å². The molecule has 4 nitrogen and oxygen atoms in total. The van der Waals surface area contributed by atoms with Crippen molar-refractivity contribution in [2.24, 2.45) is 0 Å². The van der Waals surface area contributed by atoms with Crippen LogP contribution in [0.3, 0.4) is 0 Å². The summed E-state index contributed by atoms with van der Waals surface area (Å²) in [5, 5.41) is 3.27. The van der Waals surface area contributed by atoms with Gasteiger partial charge in [-0.25, -0.2) is 4.98 Å². The van der Waals surface area contributed by atoms with Gasteiger partial charge in [0.1, 0.15) is 5.82 Å². The highest BCUT2D eigenvalue weighted by Crippen LogP contribution is 2.12. The Morgan fingerprint density at radius 3 is 2.92 bits per heavy atom. The van der Waals surface area contributed by atoms with E-state index in [4.69, 9.17) is 5.73 Å². The lowest BCUT2D eigenvalue weighted by Gasteiger charge is -2.13. The average molecular weight is 180 g/mol. The molecule has 0 amide bonds. The summed E-state index contributed by atoms with van der Waals surface area (Å²) in [6, 6.07) is 0.410. The van der Waals surface area contributed by atoms with E-state index in [9.17, 15) is 0 Å². The SMILES string of the molecule is CCC(C)Nc1nc(N)ncc1C. The molecule has 13 heavy (non-hydrogen) atoms. The normalized spacial score (nSPS) is 12.5. The molecule has 4 heteroatoms. The molecular formula is C9H16N4. The third-order valence-electron chi connectivity index (χ3n) is 1.99.